The minimum absolute atomic E-state index is 0.0985. The predicted octanol–water partition coefficient (Wildman–Crippen LogP) is 6.78. The summed E-state index contributed by atoms with van der Waals surface area (Å²) >= 11 is 8.13. The van der Waals surface area contributed by atoms with Gasteiger partial charge in [-0.1, -0.05) is 41.6 Å². The van der Waals surface area contributed by atoms with E-state index in [9.17, 15) is 8.42 Å². The number of hydrogen-bond acceptors (Lipinski definition) is 7. The summed E-state index contributed by atoms with van der Waals surface area (Å²) in [5.41, 5.74) is 5.74. The van der Waals surface area contributed by atoms with Gasteiger partial charge >= 0.3 is 0 Å². The second-order valence-electron chi connectivity index (χ2n) is 13.4. The molecule has 8 nitrogen and oxygen atoms in total. The fourth-order valence-electron chi connectivity index (χ4n) is 6.70. The van der Waals surface area contributed by atoms with Crippen LogP contribution in [0.5, 0.6) is 0 Å². The number of anilines is 2. The molecule has 3 aromatic carbocycles. The molecule has 7 rings (SSSR count). The van der Waals surface area contributed by atoms with Gasteiger partial charge in [0.25, 0.3) is 0 Å². The number of halogens is 1. The molecule has 1 aromatic heterocycles. The van der Waals surface area contributed by atoms with Crippen molar-refractivity contribution in [2.75, 3.05) is 84.9 Å². The number of H-pyrrole nitrogens is 1. The van der Waals surface area contributed by atoms with Crippen LogP contribution in [0.3, 0.4) is 0 Å². The highest BCUT2D eigenvalue weighted by atomic mass is 35.5. The molecule has 11 heteroatoms. The molecule has 2 fully saturated rings. The van der Waals surface area contributed by atoms with E-state index in [0.29, 0.717) is 13.1 Å². The summed E-state index contributed by atoms with van der Waals surface area (Å²) in [7, 11) is 3.14. The average molecular weight is 709 g/mol. The number of fused-ring (bicyclic) bond motifs is 3. The van der Waals surface area contributed by atoms with Crippen molar-refractivity contribution in [2.45, 2.75) is 41.2 Å². The molecule has 2 saturated heterocycles. The molecule has 3 aliphatic rings. The molecule has 0 saturated carbocycles. The lowest BCUT2D eigenvalue weighted by Gasteiger charge is -2.35. The number of rotatable bonds is 10. The topological polar surface area (TPSA) is 66.1 Å². The van der Waals surface area contributed by atoms with Crippen LogP contribution in [0.2, 0.25) is 5.02 Å². The summed E-state index contributed by atoms with van der Waals surface area (Å²) < 4.78 is 26.6. The zero-order chi connectivity index (χ0) is 33.7. The van der Waals surface area contributed by atoms with Crippen LogP contribution in [-0.4, -0.2) is 112 Å². The molecule has 0 atom stereocenters. The first-order chi connectivity index (χ1) is 23.2. The minimum Gasteiger partial charge on any atom is -0.361 e. The zero-order valence-corrected chi connectivity index (χ0v) is 30.9. The lowest BCUT2D eigenvalue weighted by Crippen LogP contribution is -2.45. The monoisotopic (exact) mass is 708 g/mol. The highest BCUT2D eigenvalue weighted by molar-refractivity contribution is 7.99. The molecule has 0 spiro atoms. The molecule has 0 unspecified atom stereocenters. The molecule has 48 heavy (non-hydrogen) atoms. The Labute approximate surface area is 296 Å². The number of piperazine rings is 1. The van der Waals surface area contributed by atoms with E-state index in [0.717, 1.165) is 66.8 Å². The standard InChI is InChI=1S/C20H24ClN3S.C17H25N3O2S/c1-22-11-13-23(14-12-22)9-4-10-24-17-5-2-3-6-19(17)25-20-8-7-16(21)15-18(20)24;1-19(2)10-7-15-12-18-17-6-5-14(11-16(15)17)13-23(21,22)20-8-3-4-9-20/h2-3,5-8,15H,4,9-14H2,1H3;5-6,11-12,18H,3-4,7-10,13H2,1-2H3. The van der Waals surface area contributed by atoms with E-state index in [-0.39, 0.29) is 5.75 Å². The maximum absolute atomic E-state index is 12.5. The Hall–Kier alpha value is -2.57. The van der Waals surface area contributed by atoms with Gasteiger partial charge in [0.05, 0.1) is 17.1 Å². The molecular formula is C37H49ClN6O2S2. The molecule has 4 aromatic rings. The number of nitrogens with zero attached hydrogens (tertiary/aromatic N) is 5. The first kappa shape index (κ1) is 35.3. The fraction of sp³-hybridized carbons (Fsp3) is 0.459. The fourth-order valence-corrected chi connectivity index (χ4v) is 9.54. The van der Waals surface area contributed by atoms with Crippen LogP contribution in [0, 0.1) is 0 Å². The SMILES string of the molecule is CN(C)CCc1c[nH]c2ccc(CS(=O)(=O)N3CCCC3)cc12.CN1CCN(CCCN2c3ccccc3Sc3ccc(Cl)cc32)CC1. The third kappa shape index (κ3) is 8.77. The van der Waals surface area contributed by atoms with Gasteiger partial charge in [-0.3, -0.25) is 0 Å². The first-order valence-corrected chi connectivity index (χ1v) is 19.9. The van der Waals surface area contributed by atoms with Gasteiger partial charge in [0.15, 0.2) is 0 Å². The van der Waals surface area contributed by atoms with Crippen LogP contribution in [0.4, 0.5) is 11.4 Å². The summed E-state index contributed by atoms with van der Waals surface area (Å²) in [5.74, 6) is 0.0985. The third-order valence-electron chi connectivity index (χ3n) is 9.51. The first-order valence-electron chi connectivity index (χ1n) is 17.1. The van der Waals surface area contributed by atoms with E-state index in [2.05, 4.69) is 82.1 Å². The van der Waals surface area contributed by atoms with Crippen LogP contribution in [0.25, 0.3) is 10.9 Å². The number of likely N-dealkylation sites (N-methyl/N-ethyl adjacent to an activating group) is 2. The lowest BCUT2D eigenvalue weighted by molar-refractivity contribution is 0.153. The quantitative estimate of drug-likeness (QED) is 0.195. The molecule has 258 valence electrons. The number of sulfonamides is 1. The second-order valence-corrected chi connectivity index (χ2v) is 16.9. The van der Waals surface area contributed by atoms with Crippen molar-refractivity contribution in [2.24, 2.45) is 0 Å². The summed E-state index contributed by atoms with van der Waals surface area (Å²) in [6.07, 6.45) is 6.10. The molecule has 1 N–H and O–H groups in total. The number of aromatic nitrogens is 1. The van der Waals surface area contributed by atoms with Gasteiger partial charge in [0, 0.05) is 84.3 Å². The van der Waals surface area contributed by atoms with E-state index in [4.69, 9.17) is 11.6 Å². The predicted molar refractivity (Wildman–Crippen MR) is 202 cm³/mol. The molecule has 3 aliphatic heterocycles. The van der Waals surface area contributed by atoms with E-state index >= 15 is 0 Å². The third-order valence-corrected chi connectivity index (χ3v) is 12.7. The number of aromatic amines is 1. The number of benzene rings is 3. The normalized spacial score (nSPS) is 17.4. The minimum atomic E-state index is -3.19. The molecule has 0 aliphatic carbocycles. The zero-order valence-electron chi connectivity index (χ0n) is 28.5. The summed E-state index contributed by atoms with van der Waals surface area (Å²) in [4.78, 5) is 15.5. The summed E-state index contributed by atoms with van der Waals surface area (Å²) in [6, 6.07) is 20.9. The van der Waals surface area contributed by atoms with Crippen molar-refractivity contribution in [3.05, 3.63) is 83.0 Å². The molecule has 0 radical (unpaired) electrons. The van der Waals surface area contributed by atoms with Gasteiger partial charge < -0.3 is 24.6 Å². The number of para-hydroxylation sites is 1. The van der Waals surface area contributed by atoms with E-state index in [1.807, 2.05) is 42.2 Å². The van der Waals surface area contributed by atoms with Gasteiger partial charge in [-0.2, -0.15) is 0 Å². The average Bonchev–Trinajstić information content (AvgIpc) is 3.76. The van der Waals surface area contributed by atoms with Crippen molar-refractivity contribution < 1.29 is 8.42 Å². The van der Waals surface area contributed by atoms with Crippen LogP contribution in [0.15, 0.2) is 76.7 Å². The van der Waals surface area contributed by atoms with Gasteiger partial charge in [0.1, 0.15) is 0 Å². The van der Waals surface area contributed by atoms with E-state index < -0.39 is 10.0 Å². The maximum Gasteiger partial charge on any atom is 0.218 e. The Morgan fingerprint density at radius 3 is 2.40 bits per heavy atom. The van der Waals surface area contributed by atoms with Crippen molar-refractivity contribution in [1.29, 1.82) is 0 Å². The molecule has 4 heterocycles. The second kappa shape index (κ2) is 16.0. The summed E-state index contributed by atoms with van der Waals surface area (Å²) in [5, 5.41) is 1.95. The Bertz CT molecular complexity index is 1780. The van der Waals surface area contributed by atoms with Gasteiger partial charge in [-0.25, -0.2) is 12.7 Å². The van der Waals surface area contributed by atoms with Crippen molar-refractivity contribution >= 4 is 55.7 Å². The smallest absolute Gasteiger partial charge is 0.218 e. The van der Waals surface area contributed by atoms with Gasteiger partial charge in [0.2, 0.25) is 10.0 Å². The summed E-state index contributed by atoms with van der Waals surface area (Å²) in [6.45, 7) is 9.24. The largest absolute Gasteiger partial charge is 0.361 e. The van der Waals surface area contributed by atoms with Crippen LogP contribution >= 0.6 is 23.4 Å². The maximum atomic E-state index is 12.5. The lowest BCUT2D eigenvalue weighted by atomic mass is 10.1. The Morgan fingerprint density at radius 2 is 1.62 bits per heavy atom. The van der Waals surface area contributed by atoms with Gasteiger partial charge in [-0.15, -0.1) is 0 Å². The van der Waals surface area contributed by atoms with E-state index in [1.54, 1.807) is 4.31 Å². The van der Waals surface area contributed by atoms with Crippen LogP contribution in [0.1, 0.15) is 30.4 Å². The van der Waals surface area contributed by atoms with Crippen molar-refractivity contribution in [3.63, 3.8) is 0 Å². The molecule has 0 amide bonds. The highest BCUT2D eigenvalue weighted by Gasteiger charge is 2.26. The van der Waals surface area contributed by atoms with Crippen molar-refractivity contribution in [3.8, 4) is 0 Å². The molecule has 0 bridgehead atoms. The van der Waals surface area contributed by atoms with Crippen LogP contribution in [-0.2, 0) is 22.2 Å². The number of nitrogens with one attached hydrogen (secondary N) is 1. The molecular weight excluding hydrogens is 660 g/mol. The van der Waals surface area contributed by atoms with Gasteiger partial charge in [-0.05, 0) is 107 Å². The van der Waals surface area contributed by atoms with Crippen molar-refractivity contribution in [1.82, 2.24) is 24.0 Å². The Balaban J connectivity index is 0.000000168. The van der Waals surface area contributed by atoms with E-state index in [1.165, 1.54) is 52.9 Å². The number of hydrogen-bond donors (Lipinski definition) is 1. The Morgan fingerprint density at radius 1 is 0.875 bits per heavy atom. The highest BCUT2D eigenvalue weighted by Crippen LogP contribution is 2.48. The van der Waals surface area contributed by atoms with Crippen LogP contribution < -0.4 is 4.90 Å². The Kier molecular flexibility index (Phi) is 11.7.